The summed E-state index contributed by atoms with van der Waals surface area (Å²) < 4.78 is 7.96. The predicted molar refractivity (Wildman–Crippen MR) is 88.8 cm³/mol. The molecule has 1 aromatic carbocycles. The number of hydrogen-bond donors (Lipinski definition) is 1. The largest absolute Gasteiger partial charge is 0.489 e. The van der Waals surface area contributed by atoms with Crippen LogP contribution in [0.1, 0.15) is 39.7 Å². The Morgan fingerprint density at radius 2 is 1.84 bits per heavy atom. The lowest BCUT2D eigenvalue weighted by Crippen LogP contribution is -2.18. The van der Waals surface area contributed by atoms with Gasteiger partial charge >= 0.3 is 0 Å². The summed E-state index contributed by atoms with van der Waals surface area (Å²) >= 11 is 7.11. The highest BCUT2D eigenvalue weighted by molar-refractivity contribution is 9.11. The van der Waals surface area contributed by atoms with Crippen LogP contribution in [-0.4, -0.2) is 12.6 Å². The number of rotatable bonds is 7. The van der Waals surface area contributed by atoms with E-state index in [9.17, 15) is 0 Å². The second-order valence-electron chi connectivity index (χ2n) is 5.40. The maximum absolute atomic E-state index is 5.90. The van der Waals surface area contributed by atoms with Crippen molar-refractivity contribution in [2.75, 3.05) is 6.54 Å². The fraction of sp³-hybridized carbons (Fsp3) is 0.600. The molecule has 0 aromatic heterocycles. The summed E-state index contributed by atoms with van der Waals surface area (Å²) in [6, 6.07) is 4.14. The van der Waals surface area contributed by atoms with Gasteiger partial charge in [-0.05, 0) is 60.8 Å². The smallest absolute Gasteiger partial charge is 0.138 e. The van der Waals surface area contributed by atoms with Crippen LogP contribution in [0.5, 0.6) is 5.75 Å². The van der Waals surface area contributed by atoms with Gasteiger partial charge in [-0.25, -0.2) is 0 Å². The van der Waals surface area contributed by atoms with Gasteiger partial charge in [0.05, 0.1) is 10.6 Å². The lowest BCUT2D eigenvalue weighted by molar-refractivity contribution is 0.238. The monoisotopic (exact) mass is 391 g/mol. The van der Waals surface area contributed by atoms with Crippen LogP contribution in [0.25, 0.3) is 0 Å². The van der Waals surface area contributed by atoms with E-state index in [0.717, 1.165) is 33.7 Å². The molecular formula is C15H23Br2NO. The SMILES string of the molecule is CC(C)CCNCc1cc(Br)cc(Br)c1OC(C)C. The van der Waals surface area contributed by atoms with E-state index in [1.165, 1.54) is 12.0 Å². The molecule has 0 saturated carbocycles. The van der Waals surface area contributed by atoms with Gasteiger partial charge in [-0.3, -0.25) is 0 Å². The number of benzene rings is 1. The fourth-order valence-electron chi connectivity index (χ4n) is 1.73. The van der Waals surface area contributed by atoms with E-state index in [1.54, 1.807) is 0 Å². The van der Waals surface area contributed by atoms with Crippen LogP contribution in [0.3, 0.4) is 0 Å². The molecule has 0 heterocycles. The molecule has 0 amide bonds. The van der Waals surface area contributed by atoms with Gasteiger partial charge in [0.1, 0.15) is 5.75 Å². The minimum atomic E-state index is 0.173. The van der Waals surface area contributed by atoms with Crippen molar-refractivity contribution in [2.45, 2.75) is 46.8 Å². The van der Waals surface area contributed by atoms with Crippen LogP contribution in [-0.2, 0) is 6.54 Å². The summed E-state index contributed by atoms with van der Waals surface area (Å²) in [7, 11) is 0. The van der Waals surface area contributed by atoms with E-state index in [2.05, 4.69) is 57.1 Å². The third-order valence-electron chi connectivity index (χ3n) is 2.65. The highest BCUT2D eigenvalue weighted by atomic mass is 79.9. The van der Waals surface area contributed by atoms with Gasteiger partial charge in [-0.2, -0.15) is 0 Å². The molecule has 0 unspecified atom stereocenters. The normalized spacial score (nSPS) is 11.4. The number of hydrogen-bond acceptors (Lipinski definition) is 2. The van der Waals surface area contributed by atoms with Crippen LogP contribution in [0, 0.1) is 5.92 Å². The third-order valence-corrected chi connectivity index (χ3v) is 3.70. The Kier molecular flexibility index (Phi) is 7.40. The molecule has 0 aliphatic heterocycles. The molecule has 2 nitrogen and oxygen atoms in total. The molecular weight excluding hydrogens is 370 g/mol. The quantitative estimate of drug-likeness (QED) is 0.649. The van der Waals surface area contributed by atoms with Gasteiger partial charge in [-0.1, -0.05) is 29.8 Å². The van der Waals surface area contributed by atoms with Crippen molar-refractivity contribution in [1.82, 2.24) is 5.32 Å². The molecule has 0 saturated heterocycles. The molecule has 0 atom stereocenters. The van der Waals surface area contributed by atoms with Crippen molar-refractivity contribution >= 4 is 31.9 Å². The molecule has 0 radical (unpaired) electrons. The van der Waals surface area contributed by atoms with Gasteiger partial charge in [-0.15, -0.1) is 0 Å². The maximum Gasteiger partial charge on any atom is 0.138 e. The van der Waals surface area contributed by atoms with Crippen LogP contribution >= 0.6 is 31.9 Å². The average molecular weight is 393 g/mol. The van der Waals surface area contributed by atoms with E-state index in [0.29, 0.717) is 0 Å². The zero-order valence-electron chi connectivity index (χ0n) is 12.1. The maximum atomic E-state index is 5.90. The molecule has 108 valence electrons. The van der Waals surface area contributed by atoms with Crippen molar-refractivity contribution in [3.8, 4) is 5.75 Å². The van der Waals surface area contributed by atoms with Gasteiger partial charge in [0.15, 0.2) is 0 Å². The summed E-state index contributed by atoms with van der Waals surface area (Å²) in [6.07, 6.45) is 1.36. The molecule has 1 N–H and O–H groups in total. The van der Waals surface area contributed by atoms with Crippen molar-refractivity contribution in [1.29, 1.82) is 0 Å². The lowest BCUT2D eigenvalue weighted by Gasteiger charge is -2.17. The number of ether oxygens (including phenoxy) is 1. The molecule has 1 aromatic rings. The Morgan fingerprint density at radius 1 is 1.16 bits per heavy atom. The number of nitrogens with one attached hydrogen (secondary N) is 1. The minimum Gasteiger partial charge on any atom is -0.489 e. The minimum absolute atomic E-state index is 0.173. The number of halogens is 2. The Labute approximate surface area is 133 Å². The standard InChI is InChI=1S/C15H23Br2NO/c1-10(2)5-6-18-9-12-7-13(16)8-14(17)15(12)19-11(3)4/h7-8,10-11,18H,5-6,9H2,1-4H3. The first-order chi connectivity index (χ1) is 8.90. The molecule has 0 aliphatic rings. The fourth-order valence-corrected chi connectivity index (χ4v) is 3.13. The molecule has 0 spiro atoms. The summed E-state index contributed by atoms with van der Waals surface area (Å²) in [6.45, 7) is 10.4. The highest BCUT2D eigenvalue weighted by Gasteiger charge is 2.11. The van der Waals surface area contributed by atoms with Crippen molar-refractivity contribution in [3.63, 3.8) is 0 Å². The Bertz CT molecular complexity index is 405. The van der Waals surface area contributed by atoms with Crippen LogP contribution in [0.15, 0.2) is 21.1 Å². The zero-order chi connectivity index (χ0) is 14.4. The Balaban J connectivity index is 2.73. The topological polar surface area (TPSA) is 21.3 Å². The Morgan fingerprint density at radius 3 is 2.42 bits per heavy atom. The first-order valence-electron chi connectivity index (χ1n) is 6.75. The van der Waals surface area contributed by atoms with Crippen molar-refractivity contribution in [2.24, 2.45) is 5.92 Å². The molecule has 0 aliphatic carbocycles. The Hall–Kier alpha value is -0.0600. The van der Waals surface area contributed by atoms with E-state index < -0.39 is 0 Å². The van der Waals surface area contributed by atoms with Gasteiger partial charge in [0.2, 0.25) is 0 Å². The first-order valence-corrected chi connectivity index (χ1v) is 8.34. The molecule has 0 bridgehead atoms. The van der Waals surface area contributed by atoms with E-state index in [-0.39, 0.29) is 6.10 Å². The predicted octanol–water partition coefficient (Wildman–Crippen LogP) is 5.13. The van der Waals surface area contributed by atoms with Gasteiger partial charge < -0.3 is 10.1 Å². The molecule has 4 heteroatoms. The second kappa shape index (κ2) is 8.28. The van der Waals surface area contributed by atoms with E-state index >= 15 is 0 Å². The second-order valence-corrected chi connectivity index (χ2v) is 7.17. The highest BCUT2D eigenvalue weighted by Crippen LogP contribution is 2.33. The summed E-state index contributed by atoms with van der Waals surface area (Å²) in [5.41, 5.74) is 1.18. The summed E-state index contributed by atoms with van der Waals surface area (Å²) in [4.78, 5) is 0. The average Bonchev–Trinajstić information content (AvgIpc) is 2.28. The van der Waals surface area contributed by atoms with Crippen LogP contribution in [0.2, 0.25) is 0 Å². The van der Waals surface area contributed by atoms with Crippen molar-refractivity contribution in [3.05, 3.63) is 26.6 Å². The van der Waals surface area contributed by atoms with Crippen LogP contribution < -0.4 is 10.1 Å². The molecule has 0 fully saturated rings. The van der Waals surface area contributed by atoms with E-state index in [4.69, 9.17) is 4.74 Å². The molecule has 1 rings (SSSR count). The summed E-state index contributed by atoms with van der Waals surface area (Å²) in [5, 5.41) is 3.48. The van der Waals surface area contributed by atoms with Crippen LogP contribution in [0.4, 0.5) is 0 Å². The van der Waals surface area contributed by atoms with E-state index in [1.807, 2.05) is 19.9 Å². The van der Waals surface area contributed by atoms with Gasteiger partial charge in [0, 0.05) is 16.6 Å². The summed E-state index contributed by atoms with van der Waals surface area (Å²) in [5.74, 6) is 1.67. The lowest BCUT2D eigenvalue weighted by atomic mass is 10.1. The zero-order valence-corrected chi connectivity index (χ0v) is 15.3. The van der Waals surface area contributed by atoms with Crippen molar-refractivity contribution < 1.29 is 4.74 Å². The third kappa shape index (κ3) is 6.28. The molecule has 19 heavy (non-hydrogen) atoms. The first kappa shape index (κ1) is 17.0. The van der Waals surface area contributed by atoms with Gasteiger partial charge in [0.25, 0.3) is 0 Å².